The van der Waals surface area contributed by atoms with Crippen molar-refractivity contribution in [3.63, 3.8) is 0 Å². The van der Waals surface area contributed by atoms with Gasteiger partial charge >= 0.3 is 0 Å². The zero-order valence-corrected chi connectivity index (χ0v) is 33.9. The van der Waals surface area contributed by atoms with E-state index in [-0.39, 0.29) is 25.8 Å². The molecule has 2 aromatic carbocycles. The van der Waals surface area contributed by atoms with Crippen LogP contribution >= 0.6 is 0 Å². The van der Waals surface area contributed by atoms with E-state index in [0.717, 1.165) is 10.9 Å². The van der Waals surface area contributed by atoms with Gasteiger partial charge in [-0.1, -0.05) is 62.4 Å². The molecule has 322 valence electrons. The Labute approximate surface area is 346 Å². The second kappa shape index (κ2) is 22.4. The number of nitrogens with one attached hydrogen (secondary N) is 9. The number of H-pyrrole nitrogens is 1. The molecule has 2 heterocycles. The van der Waals surface area contributed by atoms with Gasteiger partial charge in [0.15, 0.2) is 0 Å². The Bertz CT molecular complexity index is 2040. The van der Waals surface area contributed by atoms with Crippen molar-refractivity contribution in [3.8, 4) is 0 Å². The summed E-state index contributed by atoms with van der Waals surface area (Å²) in [5.41, 5.74) is 7.83. The van der Waals surface area contributed by atoms with Gasteiger partial charge in [0.2, 0.25) is 53.2 Å². The Kier molecular flexibility index (Phi) is 17.1. The molecule has 0 radical (unpaired) electrons. The number of para-hydroxylation sites is 1. The zero-order valence-electron chi connectivity index (χ0n) is 33.9. The Hall–Kier alpha value is -6.79. The van der Waals surface area contributed by atoms with Crippen LogP contribution in [0.1, 0.15) is 57.6 Å². The summed E-state index contributed by atoms with van der Waals surface area (Å²) in [5, 5.41) is 21.3. The number of amides is 9. The molecule has 60 heavy (non-hydrogen) atoms. The highest BCUT2D eigenvalue weighted by Gasteiger charge is 2.33. The van der Waals surface area contributed by atoms with Gasteiger partial charge in [0.05, 0.1) is 19.5 Å². The van der Waals surface area contributed by atoms with Gasteiger partial charge in [-0.05, 0) is 42.4 Å². The summed E-state index contributed by atoms with van der Waals surface area (Å²) in [7, 11) is 0. The molecule has 1 saturated heterocycles. The topological polar surface area (TPSA) is 292 Å². The average molecular weight is 831 g/mol. The van der Waals surface area contributed by atoms with Crippen LogP contribution in [0.3, 0.4) is 0 Å². The molecule has 11 N–H and O–H groups in total. The number of primary amides is 1. The normalized spacial score (nSPS) is 22.0. The molecule has 0 bridgehead atoms. The standard InChI is InChI=1S/C41H54N10O9/c1-23(2)36-41(60)50-30(17-25-11-5-4-6-12-25)38(57)46-22-35(55)47-31(18-26-20-45-28-14-8-7-13-27(26)28)39(58)49-29(37(42)56)15-9-10-16-43-33(53)19-32(40(59)51-36)48-34(54)21-44-24(3)52/h4-8,11-14,20,23,29-32,36,45H,9-10,15-19,21-22H2,1-3H3,(H2,42,56)(H,43,53)(H,44,52)(H,46,57)(H,47,55)(H,48,54)(H,49,58)(H,50,60)(H,51,59)/t29?,30?,31-,32?,36?/m0/s1. The fraction of sp³-hybridized carbons (Fsp3) is 0.439. The van der Waals surface area contributed by atoms with Crippen LogP contribution in [0.4, 0.5) is 0 Å². The summed E-state index contributed by atoms with van der Waals surface area (Å²) >= 11 is 0. The SMILES string of the molecule is CC(=O)NCC(=O)NC1CC(=O)NCCCCC(C(N)=O)NC(=O)[C@H](Cc2c[nH]c3ccccc23)NC(=O)CNC(=O)C(Cc2ccccc2)NC(=O)C(C(C)C)NC1=O. The van der Waals surface area contributed by atoms with Crippen molar-refractivity contribution >= 4 is 64.1 Å². The first-order valence-electron chi connectivity index (χ1n) is 19.8. The third-order valence-corrected chi connectivity index (χ3v) is 9.78. The number of benzene rings is 2. The van der Waals surface area contributed by atoms with E-state index in [9.17, 15) is 43.2 Å². The number of carbonyl (C=O) groups is 9. The lowest BCUT2D eigenvalue weighted by molar-refractivity contribution is -0.136. The lowest BCUT2D eigenvalue weighted by atomic mass is 10.00. The van der Waals surface area contributed by atoms with Gasteiger partial charge in [0, 0.05) is 43.4 Å². The number of aromatic amines is 1. The second-order valence-electron chi connectivity index (χ2n) is 14.9. The van der Waals surface area contributed by atoms with E-state index in [1.807, 2.05) is 24.3 Å². The van der Waals surface area contributed by atoms with E-state index in [4.69, 9.17) is 5.73 Å². The van der Waals surface area contributed by atoms with E-state index in [2.05, 4.69) is 47.5 Å². The number of hydrogen-bond acceptors (Lipinski definition) is 9. The maximum Gasteiger partial charge on any atom is 0.243 e. The fourth-order valence-corrected chi connectivity index (χ4v) is 6.55. The largest absolute Gasteiger partial charge is 0.368 e. The Morgan fingerprint density at radius 3 is 2.17 bits per heavy atom. The van der Waals surface area contributed by atoms with Crippen molar-refractivity contribution in [1.29, 1.82) is 0 Å². The van der Waals surface area contributed by atoms with Crippen molar-refractivity contribution < 1.29 is 43.2 Å². The highest BCUT2D eigenvalue weighted by molar-refractivity contribution is 5.98. The number of carbonyl (C=O) groups excluding carboxylic acids is 9. The molecular weight excluding hydrogens is 777 g/mol. The lowest BCUT2D eigenvalue weighted by Gasteiger charge is -2.27. The van der Waals surface area contributed by atoms with Crippen molar-refractivity contribution in [2.45, 2.75) is 89.5 Å². The highest BCUT2D eigenvalue weighted by Crippen LogP contribution is 2.19. The third-order valence-electron chi connectivity index (χ3n) is 9.78. The monoisotopic (exact) mass is 830 g/mol. The number of hydrogen-bond donors (Lipinski definition) is 10. The first-order chi connectivity index (χ1) is 28.6. The van der Waals surface area contributed by atoms with Crippen LogP contribution in [-0.2, 0) is 56.0 Å². The van der Waals surface area contributed by atoms with Gasteiger partial charge < -0.3 is 53.3 Å². The number of fused-ring (bicyclic) bond motifs is 1. The zero-order chi connectivity index (χ0) is 43.8. The van der Waals surface area contributed by atoms with Crippen molar-refractivity contribution in [2.24, 2.45) is 11.7 Å². The number of aromatic nitrogens is 1. The van der Waals surface area contributed by atoms with Crippen LogP contribution in [0, 0.1) is 5.92 Å². The summed E-state index contributed by atoms with van der Waals surface area (Å²) in [6, 6.07) is 9.78. The summed E-state index contributed by atoms with van der Waals surface area (Å²) < 4.78 is 0. The van der Waals surface area contributed by atoms with Gasteiger partial charge in [-0.15, -0.1) is 0 Å². The predicted molar refractivity (Wildman–Crippen MR) is 219 cm³/mol. The third kappa shape index (κ3) is 14.2. The van der Waals surface area contributed by atoms with Crippen LogP contribution < -0.4 is 48.3 Å². The Morgan fingerprint density at radius 2 is 1.47 bits per heavy atom. The molecule has 0 aliphatic carbocycles. The van der Waals surface area contributed by atoms with Gasteiger partial charge in [0.25, 0.3) is 0 Å². The summed E-state index contributed by atoms with van der Waals surface area (Å²) in [5.74, 6) is -7.10. The Balaban J connectivity index is 1.64. The van der Waals surface area contributed by atoms with Gasteiger partial charge in [-0.2, -0.15) is 0 Å². The van der Waals surface area contributed by atoms with Crippen LogP contribution in [-0.4, -0.2) is 108 Å². The molecule has 1 aromatic heterocycles. The minimum atomic E-state index is -1.48. The summed E-state index contributed by atoms with van der Waals surface area (Å²) in [4.78, 5) is 121. The highest BCUT2D eigenvalue weighted by atomic mass is 16.2. The predicted octanol–water partition coefficient (Wildman–Crippen LogP) is -1.54. The number of rotatable bonds is 9. The smallest absolute Gasteiger partial charge is 0.243 e. The molecule has 3 aromatic rings. The fourth-order valence-electron chi connectivity index (χ4n) is 6.55. The molecule has 4 unspecified atom stereocenters. The first-order valence-corrected chi connectivity index (χ1v) is 19.8. The molecule has 19 nitrogen and oxygen atoms in total. The molecule has 9 amide bonds. The molecule has 1 aliphatic heterocycles. The molecular formula is C41H54N10O9. The summed E-state index contributed by atoms with van der Waals surface area (Å²) in [6.45, 7) is 3.51. The van der Waals surface area contributed by atoms with Gasteiger partial charge in [-0.3, -0.25) is 43.2 Å². The molecule has 0 spiro atoms. The van der Waals surface area contributed by atoms with Crippen molar-refractivity contribution in [2.75, 3.05) is 19.6 Å². The van der Waals surface area contributed by atoms with Crippen molar-refractivity contribution in [3.05, 3.63) is 71.9 Å². The van der Waals surface area contributed by atoms with Crippen LogP contribution in [0.15, 0.2) is 60.8 Å². The molecule has 4 rings (SSSR count). The maximum absolute atomic E-state index is 13.9. The minimum Gasteiger partial charge on any atom is -0.368 e. The van der Waals surface area contributed by atoms with Crippen LogP contribution in [0.25, 0.3) is 10.9 Å². The van der Waals surface area contributed by atoms with E-state index >= 15 is 0 Å². The second-order valence-corrected chi connectivity index (χ2v) is 14.9. The summed E-state index contributed by atoms with van der Waals surface area (Å²) in [6.07, 6.45) is 1.89. The first kappa shape index (κ1) is 45.9. The molecule has 5 atom stereocenters. The van der Waals surface area contributed by atoms with E-state index in [1.165, 1.54) is 6.92 Å². The van der Waals surface area contributed by atoms with Gasteiger partial charge in [0.1, 0.15) is 30.2 Å². The van der Waals surface area contributed by atoms with Crippen molar-refractivity contribution in [1.82, 2.24) is 47.5 Å². The van der Waals surface area contributed by atoms with Crippen LogP contribution in [0.5, 0.6) is 0 Å². The lowest BCUT2D eigenvalue weighted by Crippen LogP contribution is -2.59. The molecule has 1 fully saturated rings. The Morgan fingerprint density at radius 1 is 0.767 bits per heavy atom. The molecule has 19 heteroatoms. The van der Waals surface area contributed by atoms with Crippen LogP contribution in [0.2, 0.25) is 0 Å². The van der Waals surface area contributed by atoms with Gasteiger partial charge in [-0.25, -0.2) is 0 Å². The van der Waals surface area contributed by atoms with E-state index < -0.39 is 109 Å². The van der Waals surface area contributed by atoms with E-state index in [1.54, 1.807) is 50.4 Å². The van der Waals surface area contributed by atoms with E-state index in [0.29, 0.717) is 24.0 Å². The number of nitrogens with two attached hydrogens (primary N) is 1. The molecule has 1 aliphatic rings. The minimum absolute atomic E-state index is 0.0107. The molecule has 0 saturated carbocycles. The average Bonchev–Trinajstić information content (AvgIpc) is 3.61. The maximum atomic E-state index is 13.9. The quantitative estimate of drug-likeness (QED) is 0.119.